The molecule has 31 heavy (non-hydrogen) atoms. The third kappa shape index (κ3) is 5.27. The van der Waals surface area contributed by atoms with E-state index < -0.39 is 0 Å². The van der Waals surface area contributed by atoms with Crippen LogP contribution in [-0.4, -0.2) is 35.2 Å². The number of carbonyl (C=O) groups is 2. The maximum Gasteiger partial charge on any atom is 0.227 e. The van der Waals surface area contributed by atoms with E-state index in [0.717, 1.165) is 22.0 Å². The Balaban J connectivity index is 1.27. The van der Waals surface area contributed by atoms with Crippen molar-refractivity contribution in [3.63, 3.8) is 0 Å². The van der Waals surface area contributed by atoms with Gasteiger partial charge in [-0.25, -0.2) is 0 Å². The molecule has 1 aliphatic heterocycles. The Morgan fingerprint density at radius 1 is 1.16 bits per heavy atom. The van der Waals surface area contributed by atoms with Gasteiger partial charge in [0, 0.05) is 31.0 Å². The third-order valence-corrected chi connectivity index (χ3v) is 6.13. The average molecular weight is 437 g/mol. The number of benzene rings is 2. The zero-order valence-electron chi connectivity index (χ0n) is 17.3. The maximum atomic E-state index is 12.5. The summed E-state index contributed by atoms with van der Waals surface area (Å²) < 4.78 is 5.60. The fraction of sp³-hybridized carbons (Fsp3) is 0.304. The van der Waals surface area contributed by atoms with E-state index in [1.54, 1.807) is 0 Å². The molecule has 1 atom stereocenters. The first-order valence-corrected chi connectivity index (χ1v) is 11.1. The Labute approximate surface area is 185 Å². The van der Waals surface area contributed by atoms with Crippen LogP contribution in [0, 0.1) is 6.92 Å². The fourth-order valence-electron chi connectivity index (χ4n) is 3.54. The van der Waals surface area contributed by atoms with Gasteiger partial charge in [0.2, 0.25) is 16.9 Å². The smallest absolute Gasteiger partial charge is 0.227 e. The van der Waals surface area contributed by atoms with Crippen LogP contribution in [0.4, 0.5) is 10.8 Å². The number of nitrogens with zero attached hydrogens (tertiary/aromatic N) is 3. The maximum absolute atomic E-state index is 12.5. The van der Waals surface area contributed by atoms with Crippen LogP contribution in [0.25, 0.3) is 0 Å². The highest BCUT2D eigenvalue weighted by atomic mass is 32.1. The molecule has 2 heterocycles. The second-order valence-corrected chi connectivity index (χ2v) is 8.46. The topological polar surface area (TPSA) is 84.4 Å². The van der Waals surface area contributed by atoms with Gasteiger partial charge in [-0.3, -0.25) is 9.59 Å². The summed E-state index contributed by atoms with van der Waals surface area (Å²) in [5.41, 5.74) is 2.00. The molecular weight excluding hydrogens is 412 g/mol. The van der Waals surface area contributed by atoms with E-state index in [9.17, 15) is 9.59 Å². The molecule has 1 N–H and O–H groups in total. The highest BCUT2D eigenvalue weighted by Crippen LogP contribution is 2.35. The zero-order valence-corrected chi connectivity index (χ0v) is 18.1. The van der Waals surface area contributed by atoms with Gasteiger partial charge in [-0.2, -0.15) is 0 Å². The minimum atomic E-state index is -0.122. The van der Waals surface area contributed by atoms with Crippen LogP contribution >= 0.6 is 11.3 Å². The van der Waals surface area contributed by atoms with Gasteiger partial charge in [-0.05, 0) is 37.1 Å². The van der Waals surface area contributed by atoms with Crippen molar-refractivity contribution in [2.75, 3.05) is 23.4 Å². The van der Waals surface area contributed by atoms with Gasteiger partial charge >= 0.3 is 0 Å². The Morgan fingerprint density at radius 2 is 1.94 bits per heavy atom. The molecular formula is C23H24N4O3S. The highest BCUT2D eigenvalue weighted by Gasteiger charge is 2.34. The van der Waals surface area contributed by atoms with Crippen molar-refractivity contribution in [3.8, 4) is 5.75 Å². The predicted octanol–water partition coefficient (Wildman–Crippen LogP) is 4.16. The zero-order chi connectivity index (χ0) is 21.6. The number of hydrogen-bond donors (Lipinski definition) is 1. The van der Waals surface area contributed by atoms with Gasteiger partial charge in [0.05, 0.1) is 6.61 Å². The van der Waals surface area contributed by atoms with E-state index in [0.29, 0.717) is 37.5 Å². The SMILES string of the molecule is Cc1ccccc1N1CC(c2nnc(NC(=O)CCCOc3ccccc3)s2)CC1=O. The van der Waals surface area contributed by atoms with Gasteiger partial charge in [0.1, 0.15) is 10.8 Å². The summed E-state index contributed by atoms with van der Waals surface area (Å²) in [6.07, 6.45) is 1.34. The number of carbonyl (C=O) groups excluding carboxylic acids is 2. The van der Waals surface area contributed by atoms with Crippen LogP contribution in [0.2, 0.25) is 0 Å². The van der Waals surface area contributed by atoms with Crippen molar-refractivity contribution in [3.05, 3.63) is 65.2 Å². The summed E-state index contributed by atoms with van der Waals surface area (Å²) in [4.78, 5) is 26.5. The molecule has 3 aromatic rings. The van der Waals surface area contributed by atoms with E-state index in [4.69, 9.17) is 4.74 Å². The second-order valence-electron chi connectivity index (χ2n) is 7.45. The molecule has 0 saturated carbocycles. The minimum Gasteiger partial charge on any atom is -0.494 e. The number of para-hydroxylation sites is 2. The molecule has 160 valence electrons. The third-order valence-electron chi connectivity index (χ3n) is 5.13. The molecule has 1 aromatic heterocycles. The summed E-state index contributed by atoms with van der Waals surface area (Å²) in [6, 6.07) is 17.4. The molecule has 1 saturated heterocycles. The minimum absolute atomic E-state index is 0.0190. The van der Waals surface area contributed by atoms with Crippen molar-refractivity contribution in [1.82, 2.24) is 10.2 Å². The van der Waals surface area contributed by atoms with Crippen molar-refractivity contribution in [2.45, 2.75) is 32.1 Å². The van der Waals surface area contributed by atoms with Crippen LogP contribution in [0.5, 0.6) is 5.75 Å². The van der Waals surface area contributed by atoms with E-state index in [1.807, 2.05) is 66.4 Å². The van der Waals surface area contributed by atoms with Crippen LogP contribution in [0.1, 0.15) is 35.8 Å². The first-order valence-electron chi connectivity index (χ1n) is 10.3. The van der Waals surface area contributed by atoms with Gasteiger partial charge in [-0.1, -0.05) is 47.7 Å². The van der Waals surface area contributed by atoms with Crippen molar-refractivity contribution in [2.24, 2.45) is 0 Å². The standard InChI is InChI=1S/C23H24N4O3S/c1-16-8-5-6-11-19(16)27-15-17(14-21(27)29)22-25-26-23(31-22)24-20(28)12-7-13-30-18-9-3-2-4-10-18/h2-6,8-11,17H,7,12-15H2,1H3,(H,24,26,28). The molecule has 0 bridgehead atoms. The van der Waals surface area contributed by atoms with Gasteiger partial charge < -0.3 is 15.0 Å². The lowest BCUT2D eigenvalue weighted by atomic mass is 10.1. The highest BCUT2D eigenvalue weighted by molar-refractivity contribution is 7.15. The summed E-state index contributed by atoms with van der Waals surface area (Å²) >= 11 is 1.33. The number of aryl methyl sites for hydroxylation is 1. The van der Waals surface area contributed by atoms with Crippen LogP contribution < -0.4 is 15.0 Å². The average Bonchev–Trinajstić information content (AvgIpc) is 3.39. The predicted molar refractivity (Wildman–Crippen MR) is 121 cm³/mol. The Morgan fingerprint density at radius 3 is 2.74 bits per heavy atom. The van der Waals surface area contributed by atoms with Gasteiger partial charge in [0.25, 0.3) is 0 Å². The number of ether oxygens (including phenoxy) is 1. The molecule has 8 heteroatoms. The number of rotatable bonds is 8. The molecule has 0 radical (unpaired) electrons. The molecule has 7 nitrogen and oxygen atoms in total. The molecule has 4 rings (SSSR count). The van der Waals surface area contributed by atoms with Crippen LogP contribution in [0.15, 0.2) is 54.6 Å². The molecule has 0 aliphatic carbocycles. The number of aromatic nitrogens is 2. The monoisotopic (exact) mass is 436 g/mol. The molecule has 1 aliphatic rings. The number of hydrogen-bond acceptors (Lipinski definition) is 6. The molecule has 2 amide bonds. The number of anilines is 2. The first-order chi connectivity index (χ1) is 15.1. The van der Waals surface area contributed by atoms with Crippen LogP contribution in [-0.2, 0) is 9.59 Å². The summed E-state index contributed by atoms with van der Waals surface area (Å²) in [5, 5.41) is 12.3. The normalized spacial score (nSPS) is 15.8. The Bertz CT molecular complexity index is 1050. The molecule has 2 aromatic carbocycles. The first kappa shape index (κ1) is 21.0. The summed E-state index contributed by atoms with van der Waals surface area (Å²) in [5.74, 6) is 0.735. The van der Waals surface area contributed by atoms with Gasteiger partial charge in [0.15, 0.2) is 0 Å². The molecule has 1 fully saturated rings. The quantitative estimate of drug-likeness (QED) is 0.536. The largest absolute Gasteiger partial charge is 0.494 e. The second kappa shape index (κ2) is 9.70. The van der Waals surface area contributed by atoms with Crippen molar-refractivity contribution >= 4 is 34.0 Å². The fourth-order valence-corrected chi connectivity index (χ4v) is 4.39. The van der Waals surface area contributed by atoms with E-state index in [2.05, 4.69) is 15.5 Å². The summed E-state index contributed by atoms with van der Waals surface area (Å²) in [7, 11) is 0. The lowest BCUT2D eigenvalue weighted by molar-refractivity contribution is -0.117. The lowest BCUT2D eigenvalue weighted by Gasteiger charge is -2.18. The summed E-state index contributed by atoms with van der Waals surface area (Å²) in [6.45, 7) is 3.04. The van der Waals surface area contributed by atoms with Crippen molar-refractivity contribution < 1.29 is 14.3 Å². The van der Waals surface area contributed by atoms with Gasteiger partial charge in [-0.15, -0.1) is 10.2 Å². The number of nitrogens with one attached hydrogen (secondary N) is 1. The van der Waals surface area contributed by atoms with Crippen molar-refractivity contribution in [1.29, 1.82) is 0 Å². The van der Waals surface area contributed by atoms with E-state index in [-0.39, 0.29) is 17.7 Å². The van der Waals surface area contributed by atoms with Crippen LogP contribution in [0.3, 0.4) is 0 Å². The molecule has 0 spiro atoms. The lowest BCUT2D eigenvalue weighted by Crippen LogP contribution is -2.25. The number of amides is 2. The van der Waals surface area contributed by atoms with E-state index in [1.165, 1.54) is 11.3 Å². The Hall–Kier alpha value is -3.26. The molecule has 1 unspecified atom stereocenters. The Kier molecular flexibility index (Phi) is 6.57. The van der Waals surface area contributed by atoms with E-state index >= 15 is 0 Å².